The van der Waals surface area contributed by atoms with Crippen LogP contribution in [0, 0.1) is 0 Å². The maximum atomic E-state index is 5.83. The molecule has 2 rings (SSSR count). The summed E-state index contributed by atoms with van der Waals surface area (Å²) in [5.41, 5.74) is 5.36. The van der Waals surface area contributed by atoms with Gasteiger partial charge in [-0.25, -0.2) is 0 Å². The van der Waals surface area contributed by atoms with E-state index in [-0.39, 0.29) is 12.0 Å². The normalized spacial score (nSPS) is 26.4. The molecular weight excluding hydrogens is 230 g/mol. The smallest absolute Gasteiger partial charge is 0.233 e. The van der Waals surface area contributed by atoms with E-state index in [2.05, 4.69) is 17.1 Å². The van der Waals surface area contributed by atoms with Gasteiger partial charge in [0, 0.05) is 12.6 Å². The van der Waals surface area contributed by atoms with Gasteiger partial charge in [-0.15, -0.1) is 0 Å². The van der Waals surface area contributed by atoms with Gasteiger partial charge < -0.3 is 15.0 Å². The Morgan fingerprint density at radius 2 is 2.28 bits per heavy atom. The molecule has 0 radical (unpaired) electrons. The SMILES string of the molecule is CCOC(C)(CC)c1noc(C2C=CC(N)C2)n1. The molecule has 1 aromatic heterocycles. The first kappa shape index (κ1) is 13.2. The molecular formula is C13H21N3O2. The van der Waals surface area contributed by atoms with Crippen molar-refractivity contribution < 1.29 is 9.26 Å². The summed E-state index contributed by atoms with van der Waals surface area (Å²) in [6, 6.07) is 0.0924. The highest BCUT2D eigenvalue weighted by Gasteiger charge is 2.32. The van der Waals surface area contributed by atoms with Crippen LogP contribution in [-0.2, 0) is 10.3 Å². The second-order valence-corrected chi connectivity index (χ2v) is 4.86. The molecule has 3 atom stereocenters. The maximum Gasteiger partial charge on any atom is 0.233 e. The van der Waals surface area contributed by atoms with Gasteiger partial charge in [0.1, 0.15) is 5.60 Å². The van der Waals surface area contributed by atoms with Crippen LogP contribution >= 0.6 is 0 Å². The Bertz CT molecular complexity index is 430. The summed E-state index contributed by atoms with van der Waals surface area (Å²) in [4.78, 5) is 4.48. The second kappa shape index (κ2) is 5.20. The first-order valence-electron chi connectivity index (χ1n) is 6.51. The van der Waals surface area contributed by atoms with E-state index in [4.69, 9.17) is 15.0 Å². The van der Waals surface area contributed by atoms with Gasteiger partial charge in [-0.3, -0.25) is 0 Å². The zero-order valence-electron chi connectivity index (χ0n) is 11.2. The van der Waals surface area contributed by atoms with Crippen LogP contribution < -0.4 is 5.73 Å². The molecule has 0 spiro atoms. The van der Waals surface area contributed by atoms with Crippen LogP contribution in [0.15, 0.2) is 16.7 Å². The quantitative estimate of drug-likeness (QED) is 0.811. The lowest BCUT2D eigenvalue weighted by atomic mass is 10.0. The Labute approximate surface area is 107 Å². The summed E-state index contributed by atoms with van der Waals surface area (Å²) in [5.74, 6) is 1.40. The van der Waals surface area contributed by atoms with Crippen molar-refractivity contribution in [2.75, 3.05) is 6.61 Å². The van der Waals surface area contributed by atoms with E-state index < -0.39 is 5.60 Å². The molecule has 1 aliphatic rings. The average Bonchev–Trinajstić information content (AvgIpc) is 2.97. The number of allylic oxidation sites excluding steroid dienone is 1. The summed E-state index contributed by atoms with van der Waals surface area (Å²) in [7, 11) is 0. The highest BCUT2D eigenvalue weighted by Crippen LogP contribution is 2.31. The Morgan fingerprint density at radius 3 is 2.83 bits per heavy atom. The van der Waals surface area contributed by atoms with E-state index in [1.807, 2.05) is 26.0 Å². The highest BCUT2D eigenvalue weighted by atomic mass is 16.5. The topological polar surface area (TPSA) is 74.2 Å². The van der Waals surface area contributed by atoms with Crippen LogP contribution in [0.25, 0.3) is 0 Å². The monoisotopic (exact) mass is 251 g/mol. The number of nitrogens with zero attached hydrogens (tertiary/aromatic N) is 2. The van der Waals surface area contributed by atoms with Crippen LogP contribution in [0.1, 0.15) is 51.2 Å². The molecule has 18 heavy (non-hydrogen) atoms. The van der Waals surface area contributed by atoms with Crippen molar-refractivity contribution in [3.05, 3.63) is 23.9 Å². The molecule has 0 aromatic carbocycles. The fraction of sp³-hybridized carbons (Fsp3) is 0.692. The fourth-order valence-corrected chi connectivity index (χ4v) is 2.15. The zero-order valence-corrected chi connectivity index (χ0v) is 11.2. The highest BCUT2D eigenvalue weighted by molar-refractivity contribution is 5.16. The average molecular weight is 251 g/mol. The summed E-state index contributed by atoms with van der Waals surface area (Å²) >= 11 is 0. The van der Waals surface area contributed by atoms with Gasteiger partial charge in [0.2, 0.25) is 11.7 Å². The van der Waals surface area contributed by atoms with E-state index in [9.17, 15) is 0 Å². The van der Waals surface area contributed by atoms with Crippen molar-refractivity contribution in [3.8, 4) is 0 Å². The van der Waals surface area contributed by atoms with Crippen molar-refractivity contribution in [1.29, 1.82) is 0 Å². The molecule has 1 heterocycles. The Balaban J connectivity index is 2.17. The number of rotatable bonds is 5. The molecule has 0 bridgehead atoms. The Kier molecular flexibility index (Phi) is 3.82. The summed E-state index contributed by atoms with van der Waals surface area (Å²) in [6.07, 6.45) is 5.65. The van der Waals surface area contributed by atoms with E-state index in [1.54, 1.807) is 0 Å². The van der Waals surface area contributed by atoms with Gasteiger partial charge in [-0.1, -0.05) is 24.2 Å². The fourth-order valence-electron chi connectivity index (χ4n) is 2.15. The Morgan fingerprint density at radius 1 is 1.50 bits per heavy atom. The number of hydrogen-bond acceptors (Lipinski definition) is 5. The van der Waals surface area contributed by atoms with Crippen molar-refractivity contribution >= 4 is 0 Å². The first-order chi connectivity index (χ1) is 8.59. The lowest BCUT2D eigenvalue weighted by molar-refractivity contribution is -0.0403. The van der Waals surface area contributed by atoms with Crippen molar-refractivity contribution in [2.24, 2.45) is 5.73 Å². The van der Waals surface area contributed by atoms with E-state index in [0.717, 1.165) is 12.8 Å². The molecule has 100 valence electrons. The lowest BCUT2D eigenvalue weighted by Crippen LogP contribution is -2.26. The van der Waals surface area contributed by atoms with Crippen LogP contribution in [0.2, 0.25) is 0 Å². The van der Waals surface area contributed by atoms with E-state index in [1.165, 1.54) is 0 Å². The van der Waals surface area contributed by atoms with E-state index in [0.29, 0.717) is 18.3 Å². The van der Waals surface area contributed by atoms with E-state index >= 15 is 0 Å². The molecule has 3 unspecified atom stereocenters. The Hall–Kier alpha value is -1.20. The first-order valence-corrected chi connectivity index (χ1v) is 6.51. The molecule has 1 aromatic rings. The maximum absolute atomic E-state index is 5.83. The molecule has 0 amide bonds. The number of ether oxygens (including phenoxy) is 1. The number of hydrogen-bond donors (Lipinski definition) is 1. The summed E-state index contributed by atoms with van der Waals surface area (Å²) in [5, 5.41) is 4.06. The molecule has 0 saturated heterocycles. The summed E-state index contributed by atoms with van der Waals surface area (Å²) in [6.45, 7) is 6.63. The van der Waals surface area contributed by atoms with Gasteiger partial charge in [-0.05, 0) is 26.7 Å². The largest absolute Gasteiger partial charge is 0.367 e. The third kappa shape index (κ3) is 2.47. The van der Waals surface area contributed by atoms with Crippen molar-refractivity contribution in [3.63, 3.8) is 0 Å². The van der Waals surface area contributed by atoms with Crippen LogP contribution in [0.5, 0.6) is 0 Å². The summed E-state index contributed by atoms with van der Waals surface area (Å²) < 4.78 is 11.1. The third-order valence-corrected chi connectivity index (χ3v) is 3.49. The molecule has 0 saturated carbocycles. The molecule has 1 aliphatic carbocycles. The van der Waals surface area contributed by atoms with Crippen molar-refractivity contribution in [2.45, 2.75) is 51.2 Å². The minimum atomic E-state index is -0.471. The zero-order chi connectivity index (χ0) is 13.2. The van der Waals surface area contributed by atoms with Crippen LogP contribution in [0.3, 0.4) is 0 Å². The molecule has 0 aliphatic heterocycles. The number of nitrogens with two attached hydrogens (primary N) is 1. The van der Waals surface area contributed by atoms with Gasteiger partial charge in [0.05, 0.1) is 5.92 Å². The molecule has 5 heteroatoms. The van der Waals surface area contributed by atoms with Crippen LogP contribution in [-0.4, -0.2) is 22.8 Å². The predicted molar refractivity (Wildman–Crippen MR) is 68.0 cm³/mol. The minimum absolute atomic E-state index is 0.0924. The number of aromatic nitrogens is 2. The van der Waals surface area contributed by atoms with Crippen molar-refractivity contribution in [1.82, 2.24) is 10.1 Å². The van der Waals surface area contributed by atoms with Gasteiger partial charge in [-0.2, -0.15) is 4.98 Å². The minimum Gasteiger partial charge on any atom is -0.367 e. The van der Waals surface area contributed by atoms with Gasteiger partial charge in [0.25, 0.3) is 0 Å². The molecule has 2 N–H and O–H groups in total. The van der Waals surface area contributed by atoms with Gasteiger partial charge in [0.15, 0.2) is 0 Å². The van der Waals surface area contributed by atoms with Gasteiger partial charge >= 0.3 is 0 Å². The third-order valence-electron chi connectivity index (χ3n) is 3.49. The molecule has 0 fully saturated rings. The second-order valence-electron chi connectivity index (χ2n) is 4.86. The standard InChI is InChI=1S/C13H21N3O2/c1-4-13(3,17-5-2)12-15-11(18-16-12)9-6-7-10(14)8-9/h6-7,9-10H,4-5,8,14H2,1-3H3. The predicted octanol–water partition coefficient (Wildman–Crippen LogP) is 2.10. The lowest BCUT2D eigenvalue weighted by Gasteiger charge is -2.23. The van der Waals surface area contributed by atoms with Crippen LogP contribution in [0.4, 0.5) is 0 Å². The molecule has 5 nitrogen and oxygen atoms in total.